The van der Waals surface area contributed by atoms with E-state index in [-0.39, 0.29) is 5.92 Å². The zero-order chi connectivity index (χ0) is 18.8. The molecule has 2 aromatic rings. The number of guanidine groups is 1. The molecule has 26 heavy (non-hydrogen) atoms. The van der Waals surface area contributed by atoms with Gasteiger partial charge in [-0.3, -0.25) is 4.99 Å². The van der Waals surface area contributed by atoms with Crippen LogP contribution in [0.25, 0.3) is 0 Å². The van der Waals surface area contributed by atoms with Crippen LogP contribution in [0.5, 0.6) is 5.75 Å². The molecule has 7 heteroatoms. The van der Waals surface area contributed by atoms with E-state index in [2.05, 4.69) is 39.6 Å². The number of nitrogens with zero attached hydrogens (tertiary/aromatic N) is 3. The summed E-state index contributed by atoms with van der Waals surface area (Å²) < 4.78 is 10.9. The maximum absolute atomic E-state index is 5.65. The molecule has 0 atom stereocenters. The van der Waals surface area contributed by atoms with Gasteiger partial charge in [-0.1, -0.05) is 37.2 Å². The zero-order valence-corrected chi connectivity index (χ0v) is 16.1. The summed E-state index contributed by atoms with van der Waals surface area (Å²) in [5.74, 6) is 3.38. The molecule has 1 aromatic carbocycles. The number of aryl methyl sites for hydroxylation is 1. The van der Waals surface area contributed by atoms with Crippen molar-refractivity contribution in [2.75, 3.05) is 20.2 Å². The Hall–Kier alpha value is -2.57. The Kier molecular flexibility index (Phi) is 7.92. The van der Waals surface area contributed by atoms with Gasteiger partial charge >= 0.3 is 0 Å². The number of rotatable bonds is 9. The van der Waals surface area contributed by atoms with Crippen molar-refractivity contribution in [1.82, 2.24) is 20.8 Å². The van der Waals surface area contributed by atoms with Crippen molar-refractivity contribution in [2.45, 2.75) is 46.1 Å². The molecule has 2 N–H and O–H groups in total. The highest BCUT2D eigenvalue weighted by Crippen LogP contribution is 2.17. The normalized spacial score (nSPS) is 11.7. The number of ether oxygens (including phenoxy) is 1. The Morgan fingerprint density at radius 2 is 2.08 bits per heavy atom. The van der Waals surface area contributed by atoms with Crippen LogP contribution in [0.3, 0.4) is 0 Å². The molecule has 0 aliphatic rings. The van der Waals surface area contributed by atoms with Gasteiger partial charge in [0, 0.05) is 38.0 Å². The molecule has 0 radical (unpaired) electrons. The first kappa shape index (κ1) is 19.8. The van der Waals surface area contributed by atoms with E-state index >= 15 is 0 Å². The van der Waals surface area contributed by atoms with E-state index in [1.54, 1.807) is 7.05 Å². The van der Waals surface area contributed by atoms with Gasteiger partial charge in [0.1, 0.15) is 5.75 Å². The summed E-state index contributed by atoms with van der Waals surface area (Å²) in [5, 5.41) is 10.6. The fourth-order valence-electron chi connectivity index (χ4n) is 2.40. The van der Waals surface area contributed by atoms with Gasteiger partial charge in [-0.2, -0.15) is 4.98 Å². The largest absolute Gasteiger partial charge is 0.494 e. The van der Waals surface area contributed by atoms with Crippen molar-refractivity contribution in [3.05, 3.63) is 41.5 Å². The lowest BCUT2D eigenvalue weighted by molar-refractivity contribution is 0.336. The third kappa shape index (κ3) is 6.06. The summed E-state index contributed by atoms with van der Waals surface area (Å²) in [6, 6.07) is 8.01. The maximum Gasteiger partial charge on any atom is 0.226 e. The Morgan fingerprint density at radius 1 is 1.27 bits per heavy atom. The lowest BCUT2D eigenvalue weighted by Crippen LogP contribution is -2.37. The first-order valence-corrected chi connectivity index (χ1v) is 9.11. The Labute approximate surface area is 155 Å². The molecule has 0 saturated carbocycles. The van der Waals surface area contributed by atoms with Crippen molar-refractivity contribution in [3.63, 3.8) is 0 Å². The molecule has 0 fully saturated rings. The molecule has 0 spiro atoms. The summed E-state index contributed by atoms with van der Waals surface area (Å²) in [5.41, 5.74) is 1.10. The van der Waals surface area contributed by atoms with Crippen molar-refractivity contribution < 1.29 is 9.26 Å². The topological polar surface area (TPSA) is 84.6 Å². The minimum absolute atomic E-state index is 0.285. The van der Waals surface area contributed by atoms with Gasteiger partial charge in [-0.05, 0) is 19.4 Å². The number of hydrogen-bond acceptors (Lipinski definition) is 5. The summed E-state index contributed by atoms with van der Waals surface area (Å²) in [6.07, 6.45) is 1.63. The Bertz CT molecular complexity index is 697. The molecule has 0 aliphatic carbocycles. The summed E-state index contributed by atoms with van der Waals surface area (Å²) in [6.45, 7) is 8.16. The third-order valence-electron chi connectivity index (χ3n) is 3.80. The van der Waals surface area contributed by atoms with Crippen LogP contribution in [0.2, 0.25) is 0 Å². The average Bonchev–Trinajstić information content (AvgIpc) is 3.12. The minimum Gasteiger partial charge on any atom is -0.494 e. The monoisotopic (exact) mass is 359 g/mol. The summed E-state index contributed by atoms with van der Waals surface area (Å²) >= 11 is 0. The summed E-state index contributed by atoms with van der Waals surface area (Å²) in [7, 11) is 1.76. The van der Waals surface area contributed by atoms with Crippen LogP contribution >= 0.6 is 0 Å². The van der Waals surface area contributed by atoms with E-state index in [0.29, 0.717) is 19.0 Å². The van der Waals surface area contributed by atoms with Gasteiger partial charge < -0.3 is 19.9 Å². The molecular formula is C19H29N5O2. The number of hydrogen-bond donors (Lipinski definition) is 2. The minimum atomic E-state index is 0.285. The molecule has 0 bridgehead atoms. The zero-order valence-electron chi connectivity index (χ0n) is 16.1. The highest BCUT2D eigenvalue weighted by atomic mass is 16.5. The quantitative estimate of drug-likeness (QED) is 0.407. The van der Waals surface area contributed by atoms with Gasteiger partial charge in [-0.25, -0.2) is 0 Å². The number of benzene rings is 1. The molecule has 1 heterocycles. The molecule has 1 aromatic heterocycles. The van der Waals surface area contributed by atoms with Crippen molar-refractivity contribution >= 4 is 5.96 Å². The molecular weight excluding hydrogens is 330 g/mol. The standard InChI is InChI=1S/C19H29N5O2/c1-5-25-16-10-7-6-9-15(16)13-22-19(20-4)21-12-8-11-17-23-18(14(2)3)24-26-17/h6-7,9-10,14H,5,8,11-13H2,1-4H3,(H2,20,21,22). The third-order valence-corrected chi connectivity index (χ3v) is 3.80. The number of nitrogens with one attached hydrogen (secondary N) is 2. The number of aliphatic imine (C=N–C) groups is 1. The first-order valence-electron chi connectivity index (χ1n) is 9.11. The molecule has 7 nitrogen and oxygen atoms in total. The maximum atomic E-state index is 5.65. The number of aromatic nitrogens is 2. The van der Waals surface area contributed by atoms with Gasteiger partial charge in [0.15, 0.2) is 11.8 Å². The molecule has 2 rings (SSSR count). The SMILES string of the molecule is CCOc1ccccc1CNC(=NC)NCCCc1nc(C(C)C)no1. The van der Waals surface area contributed by atoms with E-state index in [1.807, 2.05) is 31.2 Å². The van der Waals surface area contributed by atoms with Crippen molar-refractivity contribution in [2.24, 2.45) is 4.99 Å². The second-order valence-corrected chi connectivity index (χ2v) is 6.20. The fraction of sp³-hybridized carbons (Fsp3) is 0.526. The smallest absolute Gasteiger partial charge is 0.226 e. The second-order valence-electron chi connectivity index (χ2n) is 6.20. The molecule has 142 valence electrons. The molecule has 0 amide bonds. The van der Waals surface area contributed by atoms with Crippen LogP contribution in [0.1, 0.15) is 50.4 Å². The van der Waals surface area contributed by atoms with Gasteiger partial charge in [0.25, 0.3) is 0 Å². The van der Waals surface area contributed by atoms with E-state index in [4.69, 9.17) is 9.26 Å². The van der Waals surface area contributed by atoms with Gasteiger partial charge in [0.05, 0.1) is 6.61 Å². The van der Waals surface area contributed by atoms with Crippen LogP contribution in [0.4, 0.5) is 0 Å². The van der Waals surface area contributed by atoms with E-state index in [1.165, 1.54) is 0 Å². The number of para-hydroxylation sites is 1. The van der Waals surface area contributed by atoms with Crippen LogP contribution in [-0.2, 0) is 13.0 Å². The van der Waals surface area contributed by atoms with E-state index in [0.717, 1.165) is 42.5 Å². The summed E-state index contributed by atoms with van der Waals surface area (Å²) in [4.78, 5) is 8.64. The Morgan fingerprint density at radius 3 is 2.77 bits per heavy atom. The van der Waals surface area contributed by atoms with Crippen LogP contribution in [0, 0.1) is 0 Å². The highest BCUT2D eigenvalue weighted by Gasteiger charge is 2.09. The van der Waals surface area contributed by atoms with E-state index < -0.39 is 0 Å². The predicted molar refractivity (Wildman–Crippen MR) is 103 cm³/mol. The first-order chi connectivity index (χ1) is 12.6. The van der Waals surface area contributed by atoms with Crippen LogP contribution < -0.4 is 15.4 Å². The van der Waals surface area contributed by atoms with Gasteiger partial charge in [-0.15, -0.1) is 0 Å². The fourth-order valence-corrected chi connectivity index (χ4v) is 2.40. The van der Waals surface area contributed by atoms with Crippen molar-refractivity contribution in [1.29, 1.82) is 0 Å². The second kappa shape index (κ2) is 10.4. The van der Waals surface area contributed by atoms with E-state index in [9.17, 15) is 0 Å². The molecule has 0 aliphatic heterocycles. The Balaban J connectivity index is 1.74. The molecule has 0 unspecified atom stereocenters. The molecule has 0 saturated heterocycles. The van der Waals surface area contributed by atoms with Crippen molar-refractivity contribution in [3.8, 4) is 5.75 Å². The van der Waals surface area contributed by atoms with Crippen LogP contribution in [0.15, 0.2) is 33.8 Å². The predicted octanol–water partition coefficient (Wildman–Crippen LogP) is 2.89. The lowest BCUT2D eigenvalue weighted by atomic mass is 10.2. The highest BCUT2D eigenvalue weighted by molar-refractivity contribution is 5.79. The lowest BCUT2D eigenvalue weighted by Gasteiger charge is -2.14. The van der Waals surface area contributed by atoms with Gasteiger partial charge in [0.2, 0.25) is 5.89 Å². The van der Waals surface area contributed by atoms with Crippen LogP contribution in [-0.4, -0.2) is 36.3 Å². The average molecular weight is 359 g/mol.